The summed E-state index contributed by atoms with van der Waals surface area (Å²) in [5.74, 6) is -0.323. The summed E-state index contributed by atoms with van der Waals surface area (Å²) in [5, 5.41) is 15.5. The predicted octanol–water partition coefficient (Wildman–Crippen LogP) is 4.15. The van der Waals surface area contributed by atoms with Crippen molar-refractivity contribution >= 4 is 5.91 Å². The first-order valence-electron chi connectivity index (χ1n) is 9.40. The molecule has 0 radical (unpaired) electrons. The van der Waals surface area contributed by atoms with E-state index in [1.54, 1.807) is 6.20 Å². The molecule has 1 aliphatic carbocycles. The summed E-state index contributed by atoms with van der Waals surface area (Å²) >= 11 is 0. The van der Waals surface area contributed by atoms with Crippen LogP contribution in [-0.2, 0) is 11.2 Å². The van der Waals surface area contributed by atoms with Crippen LogP contribution in [0.25, 0.3) is 0 Å². The normalized spacial score (nSPS) is 17.2. The summed E-state index contributed by atoms with van der Waals surface area (Å²) in [4.78, 5) is 12.4. The number of benzene rings is 1. The first kappa shape index (κ1) is 19.1. The zero-order valence-corrected chi connectivity index (χ0v) is 15.3. The van der Waals surface area contributed by atoms with Gasteiger partial charge in [-0.05, 0) is 37.3 Å². The largest absolute Gasteiger partial charge is 0.387 e. The van der Waals surface area contributed by atoms with Crippen LogP contribution in [0.4, 0.5) is 0 Å². The van der Waals surface area contributed by atoms with E-state index in [1.165, 1.54) is 31.2 Å². The molecule has 0 bridgehead atoms. The number of aryl methyl sites for hydroxylation is 1. The first-order valence-corrected chi connectivity index (χ1v) is 9.40. The average Bonchev–Trinajstić information content (AvgIpc) is 2.91. The fourth-order valence-electron chi connectivity index (χ4n) is 3.20. The van der Waals surface area contributed by atoms with Crippen molar-refractivity contribution in [1.29, 1.82) is 5.26 Å². The minimum atomic E-state index is -0.323. The Balaban J connectivity index is 1.93. The molecular weight excluding hydrogens is 310 g/mol. The van der Waals surface area contributed by atoms with Crippen LogP contribution in [0.1, 0.15) is 69.5 Å². The van der Waals surface area contributed by atoms with Gasteiger partial charge in [-0.15, -0.1) is 0 Å². The summed E-state index contributed by atoms with van der Waals surface area (Å²) in [6.45, 7) is 4.05. The number of nitrogens with zero attached hydrogens (tertiary/aromatic N) is 1. The van der Waals surface area contributed by atoms with Gasteiger partial charge in [0, 0.05) is 12.2 Å². The van der Waals surface area contributed by atoms with Gasteiger partial charge in [0.25, 0.3) is 5.91 Å². The van der Waals surface area contributed by atoms with E-state index in [4.69, 9.17) is 0 Å². The van der Waals surface area contributed by atoms with Gasteiger partial charge in [-0.2, -0.15) is 5.26 Å². The highest BCUT2D eigenvalue weighted by atomic mass is 16.1. The highest BCUT2D eigenvalue weighted by molar-refractivity contribution is 5.97. The molecule has 1 amide bonds. The molecular formula is C21H29N3O. The Hall–Kier alpha value is -2.28. The first-order chi connectivity index (χ1) is 12.1. The predicted molar refractivity (Wildman–Crippen MR) is 101 cm³/mol. The van der Waals surface area contributed by atoms with E-state index in [1.807, 2.05) is 25.1 Å². The van der Waals surface area contributed by atoms with E-state index in [-0.39, 0.29) is 17.5 Å². The number of hydrogen-bond acceptors (Lipinski definition) is 3. The lowest BCUT2D eigenvalue weighted by atomic mass is 10.0. The molecule has 25 heavy (non-hydrogen) atoms. The summed E-state index contributed by atoms with van der Waals surface area (Å²) in [6.07, 6.45) is 9.79. The number of rotatable bonds is 6. The van der Waals surface area contributed by atoms with E-state index in [0.717, 1.165) is 24.8 Å². The lowest BCUT2D eigenvalue weighted by Crippen LogP contribution is -2.30. The third-order valence-electron chi connectivity index (χ3n) is 4.92. The van der Waals surface area contributed by atoms with Crippen LogP contribution in [0.5, 0.6) is 0 Å². The molecule has 1 aromatic carbocycles. The van der Waals surface area contributed by atoms with Gasteiger partial charge < -0.3 is 10.6 Å². The maximum absolute atomic E-state index is 12.4. The van der Waals surface area contributed by atoms with Crippen molar-refractivity contribution in [2.24, 2.45) is 0 Å². The van der Waals surface area contributed by atoms with E-state index in [9.17, 15) is 10.1 Å². The van der Waals surface area contributed by atoms with Crippen LogP contribution < -0.4 is 10.6 Å². The lowest BCUT2D eigenvalue weighted by molar-refractivity contribution is -0.117. The molecule has 1 fully saturated rings. The van der Waals surface area contributed by atoms with Crippen LogP contribution >= 0.6 is 0 Å². The maximum atomic E-state index is 12.4. The van der Waals surface area contributed by atoms with Crippen LogP contribution in [0, 0.1) is 11.3 Å². The van der Waals surface area contributed by atoms with Crippen LogP contribution in [0.3, 0.4) is 0 Å². The van der Waals surface area contributed by atoms with Crippen LogP contribution in [-0.4, -0.2) is 11.9 Å². The van der Waals surface area contributed by atoms with Gasteiger partial charge in [0.15, 0.2) is 0 Å². The standard InChI is InChI=1S/C21H29N3O/c1-3-17-10-12-18(13-11-17)16(2)24-21(25)19(14-22)15-23-20-8-6-4-5-7-9-20/h10-13,15-16,20,23H,3-9H2,1-2H3,(H,24,25)/b19-15-. The molecule has 0 heterocycles. The molecule has 2 N–H and O–H groups in total. The number of nitrogens with one attached hydrogen (secondary N) is 2. The molecule has 1 saturated carbocycles. The van der Waals surface area contributed by atoms with Crippen molar-refractivity contribution < 1.29 is 4.79 Å². The quantitative estimate of drug-likeness (QED) is 0.465. The number of amides is 1. The number of carbonyl (C=O) groups excluding carboxylic acids is 1. The second-order valence-electron chi connectivity index (χ2n) is 6.82. The second-order valence-corrected chi connectivity index (χ2v) is 6.82. The number of carbonyl (C=O) groups is 1. The Bertz CT molecular complexity index is 620. The van der Waals surface area contributed by atoms with Gasteiger partial charge in [0.2, 0.25) is 0 Å². The highest BCUT2D eigenvalue weighted by Gasteiger charge is 2.15. The third-order valence-corrected chi connectivity index (χ3v) is 4.92. The van der Waals surface area contributed by atoms with E-state index in [2.05, 4.69) is 29.7 Å². The zero-order chi connectivity index (χ0) is 18.1. The van der Waals surface area contributed by atoms with Gasteiger partial charge in [0.05, 0.1) is 6.04 Å². The minimum Gasteiger partial charge on any atom is -0.387 e. The lowest BCUT2D eigenvalue weighted by Gasteiger charge is -2.16. The molecule has 0 saturated heterocycles. The summed E-state index contributed by atoms with van der Waals surface area (Å²) in [7, 11) is 0. The Kier molecular flexibility index (Phi) is 7.53. The van der Waals surface area contributed by atoms with E-state index >= 15 is 0 Å². The summed E-state index contributed by atoms with van der Waals surface area (Å²) in [6, 6.07) is 10.5. The van der Waals surface area contributed by atoms with Gasteiger partial charge in [0.1, 0.15) is 11.6 Å². The maximum Gasteiger partial charge on any atom is 0.263 e. The molecule has 1 aromatic rings. The minimum absolute atomic E-state index is 0.131. The monoisotopic (exact) mass is 339 g/mol. The number of nitriles is 1. The van der Waals surface area contributed by atoms with Crippen molar-refractivity contribution in [3.05, 3.63) is 47.2 Å². The Morgan fingerprint density at radius 2 is 1.88 bits per heavy atom. The molecule has 4 heteroatoms. The van der Waals surface area contributed by atoms with Crippen molar-refractivity contribution in [2.75, 3.05) is 0 Å². The van der Waals surface area contributed by atoms with Crippen molar-refractivity contribution in [2.45, 2.75) is 70.9 Å². The average molecular weight is 339 g/mol. The van der Waals surface area contributed by atoms with Gasteiger partial charge >= 0.3 is 0 Å². The SMILES string of the molecule is CCc1ccc(C(C)NC(=O)/C(C#N)=C\NC2CCCCCC2)cc1. The third kappa shape index (κ3) is 5.94. The Morgan fingerprint density at radius 1 is 1.24 bits per heavy atom. The topological polar surface area (TPSA) is 64.9 Å². The van der Waals surface area contributed by atoms with E-state index < -0.39 is 0 Å². The van der Waals surface area contributed by atoms with E-state index in [0.29, 0.717) is 6.04 Å². The van der Waals surface area contributed by atoms with Gasteiger partial charge in [-0.3, -0.25) is 4.79 Å². The van der Waals surface area contributed by atoms with Gasteiger partial charge in [-0.25, -0.2) is 0 Å². The van der Waals surface area contributed by atoms with Gasteiger partial charge in [-0.1, -0.05) is 56.9 Å². The molecule has 2 rings (SSSR count). The molecule has 0 aromatic heterocycles. The molecule has 1 atom stereocenters. The van der Waals surface area contributed by atoms with Crippen molar-refractivity contribution in [1.82, 2.24) is 10.6 Å². The molecule has 4 nitrogen and oxygen atoms in total. The Morgan fingerprint density at radius 3 is 2.44 bits per heavy atom. The van der Waals surface area contributed by atoms with Crippen molar-refractivity contribution in [3.8, 4) is 6.07 Å². The second kappa shape index (κ2) is 9.88. The Labute approximate surface area is 151 Å². The van der Waals surface area contributed by atoms with Crippen LogP contribution in [0.2, 0.25) is 0 Å². The molecule has 1 unspecified atom stereocenters. The van der Waals surface area contributed by atoms with Crippen molar-refractivity contribution in [3.63, 3.8) is 0 Å². The number of hydrogen-bond donors (Lipinski definition) is 2. The molecule has 1 aliphatic rings. The molecule has 134 valence electrons. The fourth-order valence-corrected chi connectivity index (χ4v) is 3.20. The summed E-state index contributed by atoms with van der Waals surface area (Å²) < 4.78 is 0. The molecule has 0 spiro atoms. The smallest absolute Gasteiger partial charge is 0.263 e. The fraction of sp³-hybridized carbons (Fsp3) is 0.524. The molecule has 0 aliphatic heterocycles. The summed E-state index contributed by atoms with van der Waals surface area (Å²) in [5.41, 5.74) is 2.45. The van der Waals surface area contributed by atoms with Crippen LogP contribution in [0.15, 0.2) is 36.0 Å². The zero-order valence-electron chi connectivity index (χ0n) is 15.3. The highest BCUT2D eigenvalue weighted by Crippen LogP contribution is 2.17.